The Hall–Kier alpha value is -0.570. The Labute approximate surface area is 117 Å². The topological polar surface area (TPSA) is 32.3 Å². The molecule has 3 nitrogen and oxygen atoms in total. The van der Waals surface area contributed by atoms with E-state index in [1.807, 2.05) is 7.05 Å². The van der Waals surface area contributed by atoms with Gasteiger partial charge < -0.3 is 10.2 Å². The molecule has 2 heterocycles. The van der Waals surface area contributed by atoms with Crippen molar-refractivity contribution in [2.24, 2.45) is 11.8 Å². The molecule has 108 valence electrons. The zero-order valence-corrected chi connectivity index (χ0v) is 12.4. The van der Waals surface area contributed by atoms with Crippen LogP contribution in [0.15, 0.2) is 0 Å². The summed E-state index contributed by atoms with van der Waals surface area (Å²) in [5, 5.41) is 3.59. The first kappa shape index (κ1) is 13.4. The monoisotopic (exact) mass is 264 g/mol. The Morgan fingerprint density at radius 1 is 1.16 bits per heavy atom. The van der Waals surface area contributed by atoms with Gasteiger partial charge in [-0.1, -0.05) is 13.3 Å². The molecule has 1 N–H and O–H groups in total. The van der Waals surface area contributed by atoms with E-state index >= 15 is 0 Å². The number of amides is 1. The van der Waals surface area contributed by atoms with E-state index in [0.29, 0.717) is 24.0 Å². The lowest BCUT2D eigenvalue weighted by Crippen LogP contribution is -2.45. The molecule has 3 aliphatic rings. The first-order valence-corrected chi connectivity index (χ1v) is 8.21. The van der Waals surface area contributed by atoms with Crippen LogP contribution in [0.3, 0.4) is 0 Å². The minimum absolute atomic E-state index is 0.271. The fourth-order valence-electron chi connectivity index (χ4n) is 4.48. The predicted molar refractivity (Wildman–Crippen MR) is 76.9 cm³/mol. The van der Waals surface area contributed by atoms with Crippen molar-refractivity contribution in [3.05, 3.63) is 0 Å². The van der Waals surface area contributed by atoms with Crippen molar-refractivity contribution < 1.29 is 4.79 Å². The molecule has 3 heteroatoms. The highest BCUT2D eigenvalue weighted by Gasteiger charge is 2.44. The summed E-state index contributed by atoms with van der Waals surface area (Å²) >= 11 is 0. The zero-order valence-electron chi connectivity index (χ0n) is 12.4. The molecule has 0 spiro atoms. The lowest BCUT2D eigenvalue weighted by atomic mass is 9.83. The molecule has 2 aliphatic heterocycles. The van der Waals surface area contributed by atoms with Crippen LogP contribution in [0, 0.1) is 11.8 Å². The number of fused-ring (bicyclic) bond motifs is 2. The Morgan fingerprint density at radius 3 is 2.42 bits per heavy atom. The summed E-state index contributed by atoms with van der Waals surface area (Å²) in [6.07, 6.45) is 9.93. The third-order valence-electron chi connectivity index (χ3n) is 5.91. The highest BCUT2D eigenvalue weighted by atomic mass is 16.2. The first-order chi connectivity index (χ1) is 9.19. The molecule has 0 radical (unpaired) electrons. The molecule has 0 aromatic heterocycles. The molecule has 0 aromatic carbocycles. The van der Waals surface area contributed by atoms with Crippen molar-refractivity contribution in [1.82, 2.24) is 10.2 Å². The summed E-state index contributed by atoms with van der Waals surface area (Å²) in [5.74, 6) is 1.59. The fraction of sp³-hybridized carbons (Fsp3) is 0.938. The molecule has 3 unspecified atom stereocenters. The van der Waals surface area contributed by atoms with Gasteiger partial charge in [-0.15, -0.1) is 0 Å². The van der Waals surface area contributed by atoms with E-state index in [9.17, 15) is 4.79 Å². The minimum atomic E-state index is 0.271. The summed E-state index contributed by atoms with van der Waals surface area (Å²) in [4.78, 5) is 14.8. The van der Waals surface area contributed by atoms with Gasteiger partial charge in [-0.25, -0.2) is 0 Å². The SMILES string of the molecule is CCC1CCC(N(C)C(=O)C2CC3CCC2N3)CC1. The standard InChI is InChI=1S/C16H28N2O/c1-3-11-4-7-13(8-5-11)18(2)16(19)14-10-12-6-9-15(14)17-12/h11-15,17H,3-10H2,1-2H3. The number of hydrogen-bond acceptors (Lipinski definition) is 2. The van der Waals surface area contributed by atoms with Crippen molar-refractivity contribution in [3.63, 3.8) is 0 Å². The predicted octanol–water partition coefficient (Wildman–Crippen LogP) is 2.55. The van der Waals surface area contributed by atoms with Gasteiger partial charge in [0.05, 0.1) is 5.92 Å². The molecule has 3 fully saturated rings. The molecule has 1 saturated carbocycles. The Kier molecular flexibility index (Phi) is 3.84. The molecular weight excluding hydrogens is 236 g/mol. The van der Waals surface area contributed by atoms with Crippen LogP contribution in [0.4, 0.5) is 0 Å². The average Bonchev–Trinajstić information content (AvgIpc) is 3.08. The van der Waals surface area contributed by atoms with E-state index in [1.54, 1.807) is 0 Å². The second kappa shape index (κ2) is 5.43. The van der Waals surface area contributed by atoms with Gasteiger partial charge >= 0.3 is 0 Å². The minimum Gasteiger partial charge on any atom is -0.342 e. The normalized spacial score (nSPS) is 41.5. The smallest absolute Gasteiger partial charge is 0.227 e. The van der Waals surface area contributed by atoms with E-state index in [-0.39, 0.29) is 5.92 Å². The number of nitrogens with zero attached hydrogens (tertiary/aromatic N) is 1. The average molecular weight is 264 g/mol. The molecule has 19 heavy (non-hydrogen) atoms. The van der Waals surface area contributed by atoms with Crippen LogP contribution < -0.4 is 5.32 Å². The van der Waals surface area contributed by atoms with Crippen molar-refractivity contribution >= 4 is 5.91 Å². The highest BCUT2D eigenvalue weighted by molar-refractivity contribution is 5.80. The van der Waals surface area contributed by atoms with Gasteiger partial charge in [0.25, 0.3) is 0 Å². The maximum Gasteiger partial charge on any atom is 0.227 e. The van der Waals surface area contributed by atoms with Crippen molar-refractivity contribution in [1.29, 1.82) is 0 Å². The number of rotatable bonds is 3. The van der Waals surface area contributed by atoms with Crippen molar-refractivity contribution in [3.8, 4) is 0 Å². The van der Waals surface area contributed by atoms with Crippen LogP contribution in [0.2, 0.25) is 0 Å². The van der Waals surface area contributed by atoms with Gasteiger partial charge in [0.1, 0.15) is 0 Å². The summed E-state index contributed by atoms with van der Waals surface area (Å²) < 4.78 is 0. The third kappa shape index (κ3) is 2.54. The summed E-state index contributed by atoms with van der Waals surface area (Å²) in [6.45, 7) is 2.29. The van der Waals surface area contributed by atoms with Gasteiger partial charge in [-0.3, -0.25) is 4.79 Å². The Bertz CT molecular complexity index is 336. The zero-order chi connectivity index (χ0) is 13.4. The van der Waals surface area contributed by atoms with Crippen molar-refractivity contribution in [2.45, 2.75) is 76.4 Å². The summed E-state index contributed by atoms with van der Waals surface area (Å²) in [5.41, 5.74) is 0. The molecule has 0 aromatic rings. The van der Waals surface area contributed by atoms with E-state index in [1.165, 1.54) is 44.9 Å². The molecule has 2 saturated heterocycles. The van der Waals surface area contributed by atoms with Gasteiger partial charge in [-0.05, 0) is 50.9 Å². The summed E-state index contributed by atoms with van der Waals surface area (Å²) in [6, 6.07) is 1.62. The van der Waals surface area contributed by atoms with Crippen LogP contribution in [-0.2, 0) is 4.79 Å². The van der Waals surface area contributed by atoms with Crippen LogP contribution in [0.5, 0.6) is 0 Å². The maximum atomic E-state index is 12.7. The van der Waals surface area contributed by atoms with E-state index in [2.05, 4.69) is 17.1 Å². The lowest BCUT2D eigenvalue weighted by Gasteiger charge is -2.36. The Morgan fingerprint density at radius 2 is 1.89 bits per heavy atom. The van der Waals surface area contributed by atoms with Gasteiger partial charge in [0.15, 0.2) is 0 Å². The van der Waals surface area contributed by atoms with Crippen LogP contribution in [0.1, 0.15) is 58.3 Å². The second-order valence-electron chi connectivity index (χ2n) is 6.92. The first-order valence-electron chi connectivity index (χ1n) is 8.21. The molecule has 1 amide bonds. The largest absolute Gasteiger partial charge is 0.342 e. The molecule has 1 aliphatic carbocycles. The second-order valence-corrected chi connectivity index (χ2v) is 6.92. The van der Waals surface area contributed by atoms with Gasteiger partial charge in [0.2, 0.25) is 5.91 Å². The van der Waals surface area contributed by atoms with Crippen molar-refractivity contribution in [2.75, 3.05) is 7.05 Å². The third-order valence-corrected chi connectivity index (χ3v) is 5.91. The Balaban J connectivity index is 1.55. The van der Waals surface area contributed by atoms with Crippen LogP contribution in [-0.4, -0.2) is 36.0 Å². The molecule has 2 bridgehead atoms. The number of carbonyl (C=O) groups excluding carboxylic acids is 1. The number of nitrogens with one attached hydrogen (secondary N) is 1. The highest BCUT2D eigenvalue weighted by Crippen LogP contribution is 2.36. The van der Waals surface area contributed by atoms with Crippen LogP contribution in [0.25, 0.3) is 0 Å². The van der Waals surface area contributed by atoms with Gasteiger partial charge in [0, 0.05) is 25.2 Å². The molecular formula is C16H28N2O. The lowest BCUT2D eigenvalue weighted by molar-refractivity contribution is -0.137. The number of carbonyl (C=O) groups is 1. The number of hydrogen-bond donors (Lipinski definition) is 1. The maximum absolute atomic E-state index is 12.7. The van der Waals surface area contributed by atoms with Gasteiger partial charge in [-0.2, -0.15) is 0 Å². The molecule has 3 rings (SSSR count). The fourth-order valence-corrected chi connectivity index (χ4v) is 4.48. The summed E-state index contributed by atoms with van der Waals surface area (Å²) in [7, 11) is 2.05. The van der Waals surface area contributed by atoms with E-state index in [4.69, 9.17) is 0 Å². The quantitative estimate of drug-likeness (QED) is 0.849. The van der Waals surface area contributed by atoms with E-state index < -0.39 is 0 Å². The van der Waals surface area contributed by atoms with E-state index in [0.717, 1.165) is 12.3 Å². The molecule has 3 atom stereocenters. The van der Waals surface area contributed by atoms with Crippen LogP contribution >= 0.6 is 0 Å².